The summed E-state index contributed by atoms with van der Waals surface area (Å²) in [6, 6.07) is 14.1. The van der Waals surface area contributed by atoms with Gasteiger partial charge in [-0.1, -0.05) is 24.3 Å². The molecular formula is C19H17FO3S. The van der Waals surface area contributed by atoms with Crippen molar-refractivity contribution >= 4 is 27.4 Å². The molecule has 24 heavy (non-hydrogen) atoms. The van der Waals surface area contributed by atoms with Gasteiger partial charge in [0.1, 0.15) is 5.82 Å². The second kappa shape index (κ2) is 7.45. The Balaban J connectivity index is 1.81. The number of hydrogen-bond acceptors (Lipinski definition) is 4. The first-order chi connectivity index (χ1) is 11.7. The van der Waals surface area contributed by atoms with Crippen LogP contribution in [-0.2, 0) is 11.2 Å². The summed E-state index contributed by atoms with van der Waals surface area (Å²) in [6.45, 7) is 2.45. The molecule has 1 aromatic heterocycles. The van der Waals surface area contributed by atoms with Crippen molar-refractivity contribution in [3.05, 3.63) is 64.8 Å². The minimum atomic E-state index is -0.376. The first-order valence-corrected chi connectivity index (χ1v) is 8.56. The molecule has 0 bridgehead atoms. The zero-order valence-electron chi connectivity index (χ0n) is 13.3. The maximum atomic E-state index is 13.2. The van der Waals surface area contributed by atoms with E-state index in [2.05, 4.69) is 0 Å². The van der Waals surface area contributed by atoms with Gasteiger partial charge >= 0.3 is 5.97 Å². The average molecular weight is 344 g/mol. The van der Waals surface area contributed by atoms with E-state index in [-0.39, 0.29) is 11.8 Å². The minimum absolute atomic E-state index is 0.263. The van der Waals surface area contributed by atoms with Crippen molar-refractivity contribution in [2.24, 2.45) is 0 Å². The number of halogens is 1. The van der Waals surface area contributed by atoms with E-state index in [1.54, 1.807) is 13.0 Å². The Morgan fingerprint density at radius 3 is 2.79 bits per heavy atom. The number of carbonyl (C=O) groups excluding carboxylic acids is 1. The molecule has 3 aromatic rings. The van der Waals surface area contributed by atoms with Crippen LogP contribution in [0.4, 0.5) is 4.39 Å². The van der Waals surface area contributed by atoms with Crippen LogP contribution in [0.3, 0.4) is 0 Å². The van der Waals surface area contributed by atoms with Crippen LogP contribution in [0.1, 0.15) is 22.2 Å². The van der Waals surface area contributed by atoms with Crippen molar-refractivity contribution in [1.29, 1.82) is 0 Å². The average Bonchev–Trinajstić information content (AvgIpc) is 2.94. The van der Waals surface area contributed by atoms with Crippen LogP contribution in [0.2, 0.25) is 0 Å². The zero-order chi connectivity index (χ0) is 16.9. The maximum Gasteiger partial charge on any atom is 0.352 e. The highest BCUT2D eigenvalue weighted by Crippen LogP contribution is 2.38. The van der Waals surface area contributed by atoms with Gasteiger partial charge < -0.3 is 9.47 Å². The lowest BCUT2D eigenvalue weighted by Gasteiger charge is -2.08. The van der Waals surface area contributed by atoms with E-state index >= 15 is 0 Å². The minimum Gasteiger partial charge on any atom is -0.491 e. The fraction of sp³-hybridized carbons (Fsp3) is 0.211. The standard InChI is InChI=1S/C19H17FO3S/c1-2-22-19(21)18-17(15-8-3-4-9-16(15)24-18)23-11-10-13-6-5-7-14(20)12-13/h3-9,12H,2,10-11H2,1H3. The summed E-state index contributed by atoms with van der Waals surface area (Å²) in [7, 11) is 0. The molecule has 124 valence electrons. The molecule has 1 heterocycles. The monoisotopic (exact) mass is 344 g/mol. The molecule has 0 N–H and O–H groups in total. The van der Waals surface area contributed by atoms with E-state index in [1.165, 1.54) is 23.5 Å². The molecule has 0 aliphatic carbocycles. The van der Waals surface area contributed by atoms with Gasteiger partial charge in [0.2, 0.25) is 0 Å². The van der Waals surface area contributed by atoms with Gasteiger partial charge in [-0.15, -0.1) is 11.3 Å². The van der Waals surface area contributed by atoms with E-state index in [9.17, 15) is 9.18 Å². The van der Waals surface area contributed by atoms with Gasteiger partial charge in [0.15, 0.2) is 10.6 Å². The van der Waals surface area contributed by atoms with Crippen LogP contribution >= 0.6 is 11.3 Å². The highest BCUT2D eigenvalue weighted by atomic mass is 32.1. The largest absolute Gasteiger partial charge is 0.491 e. The Labute approximate surface area is 143 Å². The van der Waals surface area contributed by atoms with Gasteiger partial charge in [0, 0.05) is 16.5 Å². The Kier molecular flexibility index (Phi) is 5.11. The molecule has 0 spiro atoms. The Morgan fingerprint density at radius 2 is 2.00 bits per heavy atom. The summed E-state index contributed by atoms with van der Waals surface area (Å²) in [4.78, 5) is 12.6. The van der Waals surface area contributed by atoms with E-state index in [0.29, 0.717) is 30.3 Å². The summed E-state index contributed by atoms with van der Waals surface area (Å²) >= 11 is 1.36. The Hall–Kier alpha value is -2.40. The Morgan fingerprint density at radius 1 is 1.17 bits per heavy atom. The van der Waals surface area contributed by atoms with Crippen LogP contribution in [0.25, 0.3) is 10.1 Å². The van der Waals surface area contributed by atoms with Crippen molar-refractivity contribution in [3.8, 4) is 5.75 Å². The summed E-state index contributed by atoms with van der Waals surface area (Å²) in [6.07, 6.45) is 0.560. The molecule has 0 radical (unpaired) electrons. The first kappa shape index (κ1) is 16.5. The van der Waals surface area contributed by atoms with Gasteiger partial charge in [-0.2, -0.15) is 0 Å². The summed E-state index contributed by atoms with van der Waals surface area (Å²) < 4.78 is 25.2. The van der Waals surface area contributed by atoms with Gasteiger partial charge in [0.05, 0.1) is 13.2 Å². The highest BCUT2D eigenvalue weighted by Gasteiger charge is 2.20. The van der Waals surface area contributed by atoms with Crippen molar-refractivity contribution < 1.29 is 18.7 Å². The molecule has 0 fully saturated rings. The van der Waals surface area contributed by atoms with Crippen LogP contribution in [0.5, 0.6) is 5.75 Å². The predicted octanol–water partition coefficient (Wildman–Crippen LogP) is 4.84. The number of carbonyl (C=O) groups is 1. The van der Waals surface area contributed by atoms with Crippen molar-refractivity contribution in [3.63, 3.8) is 0 Å². The lowest BCUT2D eigenvalue weighted by molar-refractivity contribution is 0.0528. The third kappa shape index (κ3) is 3.57. The topological polar surface area (TPSA) is 35.5 Å². The number of ether oxygens (including phenoxy) is 2. The molecule has 0 aliphatic rings. The van der Waals surface area contributed by atoms with Crippen molar-refractivity contribution in [1.82, 2.24) is 0 Å². The van der Waals surface area contributed by atoms with E-state index < -0.39 is 0 Å². The van der Waals surface area contributed by atoms with Crippen molar-refractivity contribution in [2.75, 3.05) is 13.2 Å². The highest BCUT2D eigenvalue weighted by molar-refractivity contribution is 7.21. The second-order valence-electron chi connectivity index (χ2n) is 5.21. The normalized spacial score (nSPS) is 10.8. The maximum absolute atomic E-state index is 13.2. The van der Waals surface area contributed by atoms with Crippen LogP contribution in [0.15, 0.2) is 48.5 Å². The number of thiophene rings is 1. The van der Waals surface area contributed by atoms with Crippen molar-refractivity contribution in [2.45, 2.75) is 13.3 Å². The fourth-order valence-electron chi connectivity index (χ4n) is 2.46. The van der Waals surface area contributed by atoms with Crippen LogP contribution in [-0.4, -0.2) is 19.2 Å². The molecule has 0 aliphatic heterocycles. The SMILES string of the molecule is CCOC(=O)c1sc2ccccc2c1OCCc1cccc(F)c1. The molecule has 3 rings (SSSR count). The molecule has 0 unspecified atom stereocenters. The summed E-state index contributed by atoms with van der Waals surface area (Å²) in [5.74, 6) is -0.0920. The zero-order valence-corrected chi connectivity index (χ0v) is 14.1. The van der Waals surface area contributed by atoms with Gasteiger partial charge in [-0.05, 0) is 36.8 Å². The van der Waals surface area contributed by atoms with Gasteiger partial charge in [0.25, 0.3) is 0 Å². The quantitative estimate of drug-likeness (QED) is 0.600. The van der Waals surface area contributed by atoms with Crippen LogP contribution < -0.4 is 4.74 Å². The summed E-state index contributed by atoms with van der Waals surface area (Å²) in [5, 5.41) is 0.893. The molecule has 2 aromatic carbocycles. The number of rotatable bonds is 6. The second-order valence-corrected chi connectivity index (χ2v) is 6.26. The third-order valence-corrected chi connectivity index (χ3v) is 4.67. The number of esters is 1. The molecule has 0 saturated heterocycles. The molecule has 0 amide bonds. The fourth-order valence-corrected chi connectivity index (χ4v) is 3.50. The predicted molar refractivity (Wildman–Crippen MR) is 93.4 cm³/mol. The number of benzene rings is 2. The Bertz CT molecular complexity index is 857. The van der Waals surface area contributed by atoms with Gasteiger partial charge in [-0.25, -0.2) is 9.18 Å². The number of fused-ring (bicyclic) bond motifs is 1. The van der Waals surface area contributed by atoms with Gasteiger partial charge in [-0.3, -0.25) is 0 Å². The molecule has 0 atom stereocenters. The smallest absolute Gasteiger partial charge is 0.352 e. The van der Waals surface area contributed by atoms with E-state index in [0.717, 1.165) is 15.6 Å². The summed E-state index contributed by atoms with van der Waals surface area (Å²) in [5.41, 5.74) is 0.854. The van der Waals surface area contributed by atoms with E-state index in [4.69, 9.17) is 9.47 Å². The molecular weight excluding hydrogens is 327 g/mol. The molecule has 0 saturated carbocycles. The van der Waals surface area contributed by atoms with E-state index in [1.807, 2.05) is 30.3 Å². The first-order valence-electron chi connectivity index (χ1n) is 7.75. The lowest BCUT2D eigenvalue weighted by Crippen LogP contribution is -2.07. The molecule has 3 nitrogen and oxygen atoms in total. The molecule has 5 heteroatoms. The lowest BCUT2D eigenvalue weighted by atomic mass is 10.1. The third-order valence-electron chi connectivity index (χ3n) is 3.54. The van der Waals surface area contributed by atoms with Crippen LogP contribution in [0, 0.1) is 5.82 Å². The number of hydrogen-bond donors (Lipinski definition) is 0.